The topological polar surface area (TPSA) is 125 Å². The molecule has 172 valence electrons. The lowest BCUT2D eigenvalue weighted by molar-refractivity contribution is -0.384. The largest absolute Gasteiger partial charge is 0.508 e. The average molecular weight is 446 g/mol. The summed E-state index contributed by atoms with van der Waals surface area (Å²) in [4.78, 5) is 48.7. The van der Waals surface area contributed by atoms with Crippen LogP contribution in [0.1, 0.15) is 32.8 Å². The van der Waals surface area contributed by atoms with Gasteiger partial charge in [-0.2, -0.15) is 0 Å². The first-order valence-electron chi connectivity index (χ1n) is 9.88. The minimum absolute atomic E-state index is 0.0750. The van der Waals surface area contributed by atoms with E-state index >= 15 is 0 Å². The predicted molar refractivity (Wildman–Crippen MR) is 113 cm³/mol. The Labute approximate surface area is 185 Å². The highest BCUT2D eigenvalue weighted by Gasteiger charge is 2.53. The Morgan fingerprint density at radius 2 is 1.91 bits per heavy atom. The zero-order valence-electron chi connectivity index (χ0n) is 18.4. The molecule has 2 rings (SSSR count). The number of carbonyl (C=O) groups excluding carboxylic acids is 3. The fourth-order valence-corrected chi connectivity index (χ4v) is 3.53. The smallest absolute Gasteiger partial charge is 0.464 e. The number of hydrogen-bond acceptors (Lipinski definition) is 8. The maximum atomic E-state index is 12.9. The van der Waals surface area contributed by atoms with E-state index < -0.39 is 35.1 Å². The number of allylic oxidation sites excluding steroid dienone is 1. The van der Waals surface area contributed by atoms with E-state index in [1.165, 1.54) is 36.3 Å². The van der Waals surface area contributed by atoms with Crippen molar-refractivity contribution in [3.05, 3.63) is 63.9 Å². The lowest BCUT2D eigenvalue weighted by Gasteiger charge is -2.49. The molecule has 1 amide bonds. The SMILES string of the molecule is C=CCC1C([C@H](C)OC(=O)OCc2ccc([N+](=O)[O-])cc2)C(=O)N1C(C(=O)OC)=C(C)C. The fourth-order valence-electron chi connectivity index (χ4n) is 3.53. The van der Waals surface area contributed by atoms with E-state index in [0.29, 0.717) is 17.6 Å². The molecular weight excluding hydrogens is 420 g/mol. The number of methoxy groups -OCH3 is 1. The normalized spacial score (nSPS) is 18.1. The molecule has 1 aliphatic rings. The highest BCUT2D eigenvalue weighted by atomic mass is 16.7. The number of likely N-dealkylation sites (tertiary alicyclic amines) is 1. The Hall–Kier alpha value is -3.69. The van der Waals surface area contributed by atoms with Crippen molar-refractivity contribution in [1.82, 2.24) is 4.90 Å². The maximum Gasteiger partial charge on any atom is 0.508 e. The minimum Gasteiger partial charge on any atom is -0.464 e. The number of β-lactam (4-membered cyclic amide) rings is 1. The molecule has 2 unspecified atom stereocenters. The lowest BCUT2D eigenvalue weighted by atomic mass is 9.80. The Morgan fingerprint density at radius 1 is 1.28 bits per heavy atom. The lowest BCUT2D eigenvalue weighted by Crippen LogP contribution is -2.64. The van der Waals surface area contributed by atoms with Crippen molar-refractivity contribution in [1.29, 1.82) is 0 Å². The Bertz CT molecular complexity index is 934. The number of rotatable bonds is 9. The number of non-ortho nitro benzene ring substituents is 1. The van der Waals surface area contributed by atoms with Gasteiger partial charge < -0.3 is 19.1 Å². The standard InChI is InChI=1S/C22H26N2O8/c1-6-7-17-18(20(25)23(17)19(13(2)3)21(26)30-5)14(4)32-22(27)31-12-15-8-10-16(11-9-15)24(28)29/h6,8-11,14,17-18H,1,7,12H2,2-5H3/t14-,17?,18?/m0/s1. The van der Waals surface area contributed by atoms with Crippen molar-refractivity contribution in [3.8, 4) is 0 Å². The summed E-state index contributed by atoms with van der Waals surface area (Å²) < 4.78 is 15.1. The summed E-state index contributed by atoms with van der Waals surface area (Å²) in [7, 11) is 1.24. The van der Waals surface area contributed by atoms with Crippen molar-refractivity contribution in [2.45, 2.75) is 45.9 Å². The van der Waals surface area contributed by atoms with Gasteiger partial charge in [0.05, 0.1) is 24.0 Å². The third-order valence-electron chi connectivity index (χ3n) is 5.06. The zero-order chi connectivity index (χ0) is 24.0. The molecule has 0 spiro atoms. The van der Waals surface area contributed by atoms with Crippen LogP contribution in [0.15, 0.2) is 48.2 Å². The van der Waals surface area contributed by atoms with Crippen LogP contribution in [-0.2, 0) is 30.4 Å². The van der Waals surface area contributed by atoms with Gasteiger partial charge in [-0.25, -0.2) is 9.59 Å². The summed E-state index contributed by atoms with van der Waals surface area (Å²) in [5.74, 6) is -1.67. The number of hydrogen-bond donors (Lipinski definition) is 0. The van der Waals surface area contributed by atoms with Gasteiger partial charge in [0.15, 0.2) is 0 Å². The fraction of sp³-hybridized carbons (Fsp3) is 0.409. The predicted octanol–water partition coefficient (Wildman–Crippen LogP) is 3.51. The van der Waals surface area contributed by atoms with Crippen molar-refractivity contribution < 1.29 is 33.5 Å². The molecule has 3 atom stereocenters. The monoisotopic (exact) mass is 446 g/mol. The van der Waals surface area contributed by atoms with Gasteiger partial charge >= 0.3 is 12.1 Å². The van der Waals surface area contributed by atoms with Crippen LogP contribution in [0.3, 0.4) is 0 Å². The number of amides is 1. The summed E-state index contributed by atoms with van der Waals surface area (Å²) in [5.41, 5.74) is 1.25. The molecule has 0 N–H and O–H groups in total. The van der Waals surface area contributed by atoms with E-state index in [2.05, 4.69) is 6.58 Å². The highest BCUT2D eigenvalue weighted by molar-refractivity contribution is 5.99. The summed E-state index contributed by atoms with van der Waals surface area (Å²) in [5, 5.41) is 10.7. The number of esters is 1. The number of nitro groups is 1. The van der Waals surface area contributed by atoms with E-state index in [-0.39, 0.29) is 23.9 Å². The molecule has 0 aromatic heterocycles. The first kappa shape index (κ1) is 24.6. The van der Waals surface area contributed by atoms with Gasteiger partial charge in [-0.3, -0.25) is 14.9 Å². The average Bonchev–Trinajstić information content (AvgIpc) is 2.75. The quantitative estimate of drug-likeness (QED) is 0.141. The van der Waals surface area contributed by atoms with Crippen LogP contribution in [0.4, 0.5) is 10.5 Å². The van der Waals surface area contributed by atoms with E-state index in [9.17, 15) is 24.5 Å². The summed E-state index contributed by atoms with van der Waals surface area (Å²) >= 11 is 0. The van der Waals surface area contributed by atoms with Gasteiger partial charge in [-0.1, -0.05) is 6.08 Å². The van der Waals surface area contributed by atoms with Crippen molar-refractivity contribution >= 4 is 23.7 Å². The van der Waals surface area contributed by atoms with Gasteiger partial charge in [0.25, 0.3) is 5.69 Å². The highest BCUT2D eigenvalue weighted by Crippen LogP contribution is 2.38. The molecule has 1 heterocycles. The third kappa shape index (κ3) is 5.32. The van der Waals surface area contributed by atoms with Gasteiger partial charge in [-0.15, -0.1) is 6.58 Å². The molecule has 1 fully saturated rings. The molecule has 1 aromatic rings. The molecule has 32 heavy (non-hydrogen) atoms. The van der Waals surface area contributed by atoms with E-state index in [1.54, 1.807) is 26.8 Å². The van der Waals surface area contributed by atoms with Crippen molar-refractivity contribution in [2.24, 2.45) is 5.92 Å². The number of benzene rings is 1. The first-order valence-corrected chi connectivity index (χ1v) is 9.88. The number of nitrogens with zero attached hydrogens (tertiary/aromatic N) is 2. The summed E-state index contributed by atoms with van der Waals surface area (Å²) in [6, 6.07) is 5.11. The molecule has 0 saturated carbocycles. The number of nitro benzene ring substituents is 1. The van der Waals surface area contributed by atoms with Crippen LogP contribution in [0, 0.1) is 16.0 Å². The van der Waals surface area contributed by atoms with Gasteiger partial charge in [0.2, 0.25) is 5.91 Å². The Morgan fingerprint density at radius 3 is 2.41 bits per heavy atom. The van der Waals surface area contributed by atoms with Gasteiger partial charge in [-0.05, 0) is 50.5 Å². The zero-order valence-corrected chi connectivity index (χ0v) is 18.4. The molecule has 10 nitrogen and oxygen atoms in total. The summed E-state index contributed by atoms with van der Waals surface area (Å²) in [6.45, 7) is 8.53. The van der Waals surface area contributed by atoms with E-state index in [4.69, 9.17) is 14.2 Å². The molecular formula is C22H26N2O8. The van der Waals surface area contributed by atoms with Crippen LogP contribution in [0.5, 0.6) is 0 Å². The first-order chi connectivity index (χ1) is 15.1. The van der Waals surface area contributed by atoms with Crippen LogP contribution >= 0.6 is 0 Å². The number of carbonyl (C=O) groups is 3. The van der Waals surface area contributed by atoms with Crippen molar-refractivity contribution in [2.75, 3.05) is 7.11 Å². The molecule has 0 radical (unpaired) electrons. The molecule has 1 saturated heterocycles. The summed E-state index contributed by atoms with van der Waals surface area (Å²) in [6.07, 6.45) is 0.214. The molecule has 1 aromatic carbocycles. The van der Waals surface area contributed by atoms with E-state index in [1.807, 2.05) is 0 Å². The van der Waals surface area contributed by atoms with Gasteiger partial charge in [0.1, 0.15) is 18.4 Å². The molecule has 0 aliphatic carbocycles. The second-order valence-corrected chi connectivity index (χ2v) is 7.45. The third-order valence-corrected chi connectivity index (χ3v) is 5.06. The maximum absolute atomic E-state index is 12.9. The van der Waals surface area contributed by atoms with Crippen LogP contribution in [0.2, 0.25) is 0 Å². The van der Waals surface area contributed by atoms with Crippen LogP contribution in [-0.4, -0.2) is 47.1 Å². The Kier molecular flexibility index (Phi) is 8.11. The molecule has 1 aliphatic heterocycles. The van der Waals surface area contributed by atoms with E-state index in [0.717, 1.165) is 0 Å². The van der Waals surface area contributed by atoms with Crippen molar-refractivity contribution in [3.63, 3.8) is 0 Å². The minimum atomic E-state index is -0.977. The number of ether oxygens (including phenoxy) is 3. The second kappa shape index (κ2) is 10.6. The second-order valence-electron chi connectivity index (χ2n) is 7.45. The van der Waals surface area contributed by atoms with Gasteiger partial charge in [0, 0.05) is 12.1 Å². The van der Waals surface area contributed by atoms with Crippen LogP contribution < -0.4 is 0 Å². The Balaban J connectivity index is 2.02. The molecule has 0 bridgehead atoms. The molecule has 10 heteroatoms. The van der Waals surface area contributed by atoms with Crippen LogP contribution in [0.25, 0.3) is 0 Å².